The van der Waals surface area contributed by atoms with E-state index in [1.165, 1.54) is 0 Å². The fourth-order valence-corrected chi connectivity index (χ4v) is 2.00. The Hall–Kier alpha value is -0.540. The van der Waals surface area contributed by atoms with Gasteiger partial charge in [-0.3, -0.25) is 0 Å². The molecule has 0 aromatic carbocycles. The van der Waals surface area contributed by atoms with Gasteiger partial charge in [0.2, 0.25) is 0 Å². The lowest BCUT2D eigenvalue weighted by Gasteiger charge is -2.22. The SMILES string of the molecule is CCC(NC(C)C)/C(=C(\C)O)C1OC1C. The van der Waals surface area contributed by atoms with Gasteiger partial charge in [-0.15, -0.1) is 0 Å². The molecular formula is C12H23NO2. The highest BCUT2D eigenvalue weighted by molar-refractivity contribution is 5.24. The van der Waals surface area contributed by atoms with Gasteiger partial charge in [-0.2, -0.15) is 0 Å². The maximum absolute atomic E-state index is 9.71. The highest BCUT2D eigenvalue weighted by atomic mass is 16.6. The lowest BCUT2D eigenvalue weighted by atomic mass is 9.98. The topological polar surface area (TPSA) is 44.8 Å². The Morgan fingerprint density at radius 3 is 2.27 bits per heavy atom. The van der Waals surface area contributed by atoms with Crippen molar-refractivity contribution in [2.75, 3.05) is 0 Å². The monoisotopic (exact) mass is 213 g/mol. The molecule has 0 aromatic heterocycles. The maximum Gasteiger partial charge on any atom is 0.110 e. The molecule has 1 aliphatic heterocycles. The molecule has 0 aliphatic carbocycles. The zero-order chi connectivity index (χ0) is 11.6. The van der Waals surface area contributed by atoms with Crippen molar-refractivity contribution >= 4 is 0 Å². The van der Waals surface area contributed by atoms with Gasteiger partial charge in [-0.1, -0.05) is 20.8 Å². The minimum atomic E-state index is 0.117. The standard InChI is InChI=1S/C12H23NO2/c1-6-10(13-7(2)3)11(8(4)14)12-9(5)15-12/h7,9-10,12-14H,6H2,1-5H3/b11-8-. The van der Waals surface area contributed by atoms with E-state index in [4.69, 9.17) is 4.74 Å². The molecule has 3 heteroatoms. The predicted molar refractivity (Wildman–Crippen MR) is 62.0 cm³/mol. The third-order valence-electron chi connectivity index (χ3n) is 2.75. The van der Waals surface area contributed by atoms with Gasteiger partial charge in [0.15, 0.2) is 0 Å². The summed E-state index contributed by atoms with van der Waals surface area (Å²) in [6.45, 7) is 10.1. The Morgan fingerprint density at radius 1 is 1.47 bits per heavy atom. The molecule has 3 unspecified atom stereocenters. The number of ether oxygens (including phenoxy) is 1. The van der Waals surface area contributed by atoms with Crippen LogP contribution in [-0.4, -0.2) is 29.4 Å². The summed E-state index contributed by atoms with van der Waals surface area (Å²) in [5, 5.41) is 13.2. The normalized spacial score (nSPS) is 28.9. The van der Waals surface area contributed by atoms with E-state index < -0.39 is 0 Å². The summed E-state index contributed by atoms with van der Waals surface area (Å²) < 4.78 is 5.45. The van der Waals surface area contributed by atoms with Gasteiger partial charge in [-0.25, -0.2) is 0 Å². The summed E-state index contributed by atoms with van der Waals surface area (Å²) in [7, 11) is 0. The quantitative estimate of drug-likeness (QED) is 0.544. The van der Waals surface area contributed by atoms with Crippen LogP contribution < -0.4 is 5.32 Å². The summed E-state index contributed by atoms with van der Waals surface area (Å²) in [6, 6.07) is 0.642. The molecule has 0 aromatic rings. The Morgan fingerprint density at radius 2 is 2.00 bits per heavy atom. The van der Waals surface area contributed by atoms with Crippen LogP contribution in [0.3, 0.4) is 0 Å². The first kappa shape index (κ1) is 12.5. The predicted octanol–water partition coefficient (Wildman–Crippen LogP) is 2.38. The van der Waals surface area contributed by atoms with Crippen LogP contribution in [0.15, 0.2) is 11.3 Å². The summed E-state index contributed by atoms with van der Waals surface area (Å²) in [4.78, 5) is 0. The van der Waals surface area contributed by atoms with E-state index in [0.717, 1.165) is 12.0 Å². The molecule has 0 bridgehead atoms. The number of epoxide rings is 1. The van der Waals surface area contributed by atoms with E-state index in [-0.39, 0.29) is 18.2 Å². The summed E-state index contributed by atoms with van der Waals surface area (Å²) in [5.74, 6) is 0.407. The minimum absolute atomic E-state index is 0.117. The number of hydrogen-bond donors (Lipinski definition) is 2. The van der Waals surface area contributed by atoms with Crippen LogP contribution in [0.2, 0.25) is 0 Å². The minimum Gasteiger partial charge on any atom is -0.513 e. The van der Waals surface area contributed by atoms with Crippen LogP contribution in [0.25, 0.3) is 0 Å². The average molecular weight is 213 g/mol. The zero-order valence-electron chi connectivity index (χ0n) is 10.4. The molecule has 0 saturated carbocycles. The first-order chi connectivity index (χ1) is 6.97. The number of aliphatic hydroxyl groups excluding tert-OH is 1. The van der Waals surface area contributed by atoms with E-state index in [9.17, 15) is 5.11 Å². The third kappa shape index (κ3) is 3.21. The number of allylic oxidation sites excluding steroid dienone is 1. The van der Waals surface area contributed by atoms with E-state index >= 15 is 0 Å². The van der Waals surface area contributed by atoms with Crippen LogP contribution in [0.1, 0.15) is 41.0 Å². The molecule has 1 fully saturated rings. The summed E-state index contributed by atoms with van der Waals surface area (Å²) >= 11 is 0. The lowest BCUT2D eigenvalue weighted by molar-refractivity contribution is 0.348. The molecule has 2 N–H and O–H groups in total. The molecule has 88 valence electrons. The van der Waals surface area contributed by atoms with Gasteiger partial charge in [0.25, 0.3) is 0 Å². The largest absolute Gasteiger partial charge is 0.513 e. The second kappa shape index (κ2) is 4.99. The Bertz CT molecular complexity index is 244. The van der Waals surface area contributed by atoms with Crippen molar-refractivity contribution in [1.82, 2.24) is 5.32 Å². The van der Waals surface area contributed by atoms with Crippen molar-refractivity contribution in [3.63, 3.8) is 0 Å². The lowest BCUT2D eigenvalue weighted by Crippen LogP contribution is -2.38. The molecule has 1 saturated heterocycles. The van der Waals surface area contributed by atoms with Crippen LogP contribution >= 0.6 is 0 Å². The molecule has 0 amide bonds. The molecule has 0 radical (unpaired) electrons. The molecule has 15 heavy (non-hydrogen) atoms. The van der Waals surface area contributed by atoms with Crippen molar-refractivity contribution in [1.29, 1.82) is 0 Å². The number of aliphatic hydroxyl groups is 1. The zero-order valence-corrected chi connectivity index (χ0v) is 10.4. The highest BCUT2D eigenvalue weighted by Gasteiger charge is 2.41. The summed E-state index contributed by atoms with van der Waals surface area (Å²) in [5.41, 5.74) is 1.03. The van der Waals surface area contributed by atoms with Crippen molar-refractivity contribution in [3.8, 4) is 0 Å². The molecule has 3 atom stereocenters. The van der Waals surface area contributed by atoms with Gasteiger partial charge in [-0.05, 0) is 20.3 Å². The van der Waals surface area contributed by atoms with Crippen molar-refractivity contribution in [3.05, 3.63) is 11.3 Å². The van der Waals surface area contributed by atoms with Crippen molar-refractivity contribution < 1.29 is 9.84 Å². The molecule has 1 heterocycles. The fourth-order valence-electron chi connectivity index (χ4n) is 2.00. The van der Waals surface area contributed by atoms with Gasteiger partial charge in [0, 0.05) is 17.7 Å². The van der Waals surface area contributed by atoms with Crippen LogP contribution in [0.4, 0.5) is 0 Å². The van der Waals surface area contributed by atoms with Gasteiger partial charge in [0.05, 0.1) is 11.9 Å². The highest BCUT2D eigenvalue weighted by Crippen LogP contribution is 2.33. The van der Waals surface area contributed by atoms with Gasteiger partial charge in [0.1, 0.15) is 6.10 Å². The van der Waals surface area contributed by atoms with E-state index in [0.29, 0.717) is 11.8 Å². The summed E-state index contributed by atoms with van der Waals surface area (Å²) in [6.07, 6.45) is 1.34. The van der Waals surface area contributed by atoms with Crippen molar-refractivity contribution in [2.45, 2.75) is 65.3 Å². The molecule has 1 aliphatic rings. The number of hydrogen-bond acceptors (Lipinski definition) is 3. The van der Waals surface area contributed by atoms with Gasteiger partial charge >= 0.3 is 0 Å². The second-order valence-electron chi connectivity index (χ2n) is 4.58. The van der Waals surface area contributed by atoms with Crippen LogP contribution in [-0.2, 0) is 4.74 Å². The first-order valence-electron chi connectivity index (χ1n) is 5.78. The maximum atomic E-state index is 9.71. The van der Waals surface area contributed by atoms with Crippen molar-refractivity contribution in [2.24, 2.45) is 0 Å². The smallest absolute Gasteiger partial charge is 0.110 e. The molecule has 3 nitrogen and oxygen atoms in total. The second-order valence-corrected chi connectivity index (χ2v) is 4.58. The number of nitrogens with one attached hydrogen (secondary N) is 1. The molecule has 1 rings (SSSR count). The first-order valence-corrected chi connectivity index (χ1v) is 5.78. The Kier molecular flexibility index (Phi) is 4.17. The number of rotatable bonds is 5. The van der Waals surface area contributed by atoms with E-state index in [2.05, 4.69) is 26.1 Å². The Labute approximate surface area is 92.5 Å². The molecule has 0 spiro atoms. The third-order valence-corrected chi connectivity index (χ3v) is 2.75. The fraction of sp³-hybridized carbons (Fsp3) is 0.833. The molecular weight excluding hydrogens is 190 g/mol. The van der Waals surface area contributed by atoms with Gasteiger partial charge < -0.3 is 15.2 Å². The average Bonchev–Trinajstić information content (AvgIpc) is 2.80. The van der Waals surface area contributed by atoms with Crippen LogP contribution in [0.5, 0.6) is 0 Å². The Balaban J connectivity index is 2.74. The van der Waals surface area contributed by atoms with E-state index in [1.807, 2.05) is 6.92 Å². The van der Waals surface area contributed by atoms with E-state index in [1.54, 1.807) is 6.92 Å². The van der Waals surface area contributed by atoms with Crippen LogP contribution in [0, 0.1) is 0 Å².